The van der Waals surface area contributed by atoms with E-state index in [4.69, 9.17) is 0 Å². The molecule has 0 bridgehead atoms. The minimum absolute atomic E-state index is 0.0102. The normalized spacial score (nSPS) is 27.0. The van der Waals surface area contributed by atoms with Gasteiger partial charge in [0.15, 0.2) is 6.67 Å². The molecule has 1 aliphatic carbocycles. The fourth-order valence-electron chi connectivity index (χ4n) is 3.99. The van der Waals surface area contributed by atoms with E-state index in [9.17, 15) is 14.4 Å². The van der Waals surface area contributed by atoms with Crippen molar-refractivity contribution in [3.8, 4) is 0 Å². The van der Waals surface area contributed by atoms with Gasteiger partial charge in [-0.2, -0.15) is 0 Å². The van der Waals surface area contributed by atoms with Crippen molar-refractivity contribution < 1.29 is 19.3 Å². The number of carbonyl (C=O) groups excluding carboxylic acids is 3. The number of imide groups is 1. The van der Waals surface area contributed by atoms with E-state index in [1.165, 1.54) is 21.1 Å². The van der Waals surface area contributed by atoms with E-state index in [1.807, 2.05) is 34.6 Å². The first-order valence-corrected chi connectivity index (χ1v) is 9.69. The zero-order chi connectivity index (χ0) is 17.4. The Labute approximate surface area is 150 Å². The molecular weight excluding hydrogens is 338 g/mol. The number of carbonyl (C=O) groups is 3. The summed E-state index contributed by atoms with van der Waals surface area (Å²) < 4.78 is 0. The Morgan fingerprint density at radius 1 is 1.12 bits per heavy atom. The van der Waals surface area contributed by atoms with E-state index in [0.717, 1.165) is 18.0 Å². The van der Waals surface area contributed by atoms with Gasteiger partial charge in [0.1, 0.15) is 0 Å². The number of hydrogen-bond acceptors (Lipinski definition) is 4. The number of nitrogens with one attached hydrogen (secondary N) is 1. The summed E-state index contributed by atoms with van der Waals surface area (Å²) in [6, 6.07) is 3.74. The Morgan fingerprint density at radius 3 is 2.32 bits per heavy atom. The van der Waals surface area contributed by atoms with Gasteiger partial charge in [-0.05, 0) is 24.3 Å². The first-order chi connectivity index (χ1) is 12.1. The van der Waals surface area contributed by atoms with Crippen LogP contribution in [0.2, 0.25) is 0 Å². The highest BCUT2D eigenvalue weighted by Crippen LogP contribution is 2.34. The molecule has 7 heteroatoms. The maximum Gasteiger partial charge on any atom is 0.264 e. The first-order valence-electron chi connectivity index (χ1n) is 8.81. The van der Waals surface area contributed by atoms with Gasteiger partial charge >= 0.3 is 0 Å². The molecule has 0 saturated carbocycles. The highest BCUT2D eigenvalue weighted by Gasteiger charge is 2.48. The Morgan fingerprint density at radius 2 is 1.76 bits per heavy atom. The number of hydrogen-bond donors (Lipinski definition) is 1. The molecule has 0 radical (unpaired) electrons. The average molecular weight is 360 g/mol. The lowest BCUT2D eigenvalue weighted by Crippen LogP contribution is -3.16. The topological polar surface area (TPSA) is 62.1 Å². The maximum atomic E-state index is 12.5. The van der Waals surface area contributed by atoms with E-state index < -0.39 is 0 Å². The Balaban J connectivity index is 1.34. The lowest BCUT2D eigenvalue weighted by atomic mass is 9.85. The van der Waals surface area contributed by atoms with Gasteiger partial charge in [0, 0.05) is 0 Å². The molecule has 3 aliphatic rings. The van der Waals surface area contributed by atoms with Crippen LogP contribution in [0, 0.1) is 11.8 Å². The first kappa shape index (κ1) is 16.5. The number of likely N-dealkylation sites (tertiary alicyclic amines) is 1. The van der Waals surface area contributed by atoms with E-state index in [1.54, 1.807) is 0 Å². The predicted octanol–water partition coefficient (Wildman–Crippen LogP) is -0.00250. The largest absolute Gasteiger partial charge is 0.327 e. The van der Waals surface area contributed by atoms with Crippen molar-refractivity contribution in [2.75, 3.05) is 32.8 Å². The number of allylic oxidation sites excluding steroid dienone is 2. The number of fused-ring (bicyclic) bond motifs is 1. The second-order valence-electron chi connectivity index (χ2n) is 6.94. The molecule has 1 aromatic heterocycles. The molecule has 2 aliphatic heterocycles. The molecule has 25 heavy (non-hydrogen) atoms. The van der Waals surface area contributed by atoms with Gasteiger partial charge in [-0.15, -0.1) is 11.3 Å². The van der Waals surface area contributed by atoms with E-state index in [-0.39, 0.29) is 29.6 Å². The molecular formula is C18H22N3O3S+. The number of quaternary nitrogens is 1. The maximum absolute atomic E-state index is 12.5. The zero-order valence-electron chi connectivity index (χ0n) is 14.0. The molecule has 0 spiro atoms. The SMILES string of the molecule is O=C(c1cccs1)N1CC[NH+](CN2C(=O)[C@H]3CC=CC[C@@H]3C2=O)CC1. The van der Waals surface area contributed by atoms with Crippen LogP contribution >= 0.6 is 11.3 Å². The van der Waals surface area contributed by atoms with Crippen molar-refractivity contribution in [1.29, 1.82) is 0 Å². The summed E-state index contributed by atoms with van der Waals surface area (Å²) >= 11 is 1.46. The van der Waals surface area contributed by atoms with Crippen molar-refractivity contribution in [3.05, 3.63) is 34.5 Å². The molecule has 2 atom stereocenters. The van der Waals surface area contributed by atoms with Gasteiger partial charge in [0.05, 0.1) is 42.9 Å². The van der Waals surface area contributed by atoms with Crippen LogP contribution in [0.1, 0.15) is 22.5 Å². The summed E-state index contributed by atoms with van der Waals surface area (Å²) in [7, 11) is 0. The summed E-state index contributed by atoms with van der Waals surface area (Å²) in [6.45, 7) is 3.29. The molecule has 1 aromatic rings. The van der Waals surface area contributed by atoms with Crippen LogP contribution in [0.15, 0.2) is 29.7 Å². The number of nitrogens with zero attached hydrogens (tertiary/aromatic N) is 2. The van der Waals surface area contributed by atoms with E-state index in [2.05, 4.69) is 0 Å². The fraction of sp³-hybridized carbons (Fsp3) is 0.500. The number of piperazine rings is 1. The van der Waals surface area contributed by atoms with Gasteiger partial charge in [-0.3, -0.25) is 14.4 Å². The third-order valence-corrected chi connectivity index (χ3v) is 6.33. The van der Waals surface area contributed by atoms with E-state index in [0.29, 0.717) is 32.6 Å². The average Bonchev–Trinajstić information content (AvgIpc) is 3.26. The van der Waals surface area contributed by atoms with Crippen molar-refractivity contribution in [3.63, 3.8) is 0 Å². The Kier molecular flexibility index (Phi) is 4.43. The number of thiophene rings is 1. The second kappa shape index (κ2) is 6.72. The van der Waals surface area contributed by atoms with Crippen molar-refractivity contribution in [1.82, 2.24) is 9.80 Å². The van der Waals surface area contributed by atoms with Gasteiger partial charge in [0.25, 0.3) is 5.91 Å². The molecule has 132 valence electrons. The predicted molar refractivity (Wildman–Crippen MR) is 93.0 cm³/mol. The molecule has 2 fully saturated rings. The van der Waals surface area contributed by atoms with Crippen LogP contribution in [0.5, 0.6) is 0 Å². The van der Waals surface area contributed by atoms with Crippen molar-refractivity contribution >= 4 is 29.1 Å². The lowest BCUT2D eigenvalue weighted by molar-refractivity contribution is -0.911. The number of amides is 3. The van der Waals surface area contributed by atoms with Crippen LogP contribution in [0.4, 0.5) is 0 Å². The van der Waals surface area contributed by atoms with Gasteiger partial charge in [0.2, 0.25) is 11.8 Å². The molecule has 3 amide bonds. The standard InChI is InChI=1S/C18H21N3O3S/c22-16-13-4-1-2-5-14(13)17(23)21(16)12-19-7-9-20(10-8-19)18(24)15-6-3-11-25-15/h1-3,6,11,13-14H,4-5,7-10,12H2/p+1/t13-,14-/m0/s1. The molecule has 0 aromatic carbocycles. The van der Waals surface area contributed by atoms with Crippen LogP contribution in [-0.2, 0) is 9.59 Å². The Bertz CT molecular complexity index is 681. The quantitative estimate of drug-likeness (QED) is 0.610. The molecule has 0 unspecified atom stereocenters. The molecule has 3 heterocycles. The minimum Gasteiger partial charge on any atom is -0.327 e. The number of rotatable bonds is 3. The molecule has 1 N–H and O–H groups in total. The summed E-state index contributed by atoms with van der Waals surface area (Å²) in [4.78, 5) is 42.8. The molecule has 4 rings (SSSR count). The van der Waals surface area contributed by atoms with Gasteiger partial charge in [-0.25, -0.2) is 4.90 Å². The monoisotopic (exact) mass is 360 g/mol. The highest BCUT2D eigenvalue weighted by molar-refractivity contribution is 7.12. The van der Waals surface area contributed by atoms with Gasteiger partial charge < -0.3 is 9.80 Å². The minimum atomic E-state index is -0.154. The van der Waals surface area contributed by atoms with Crippen LogP contribution in [0.3, 0.4) is 0 Å². The Hall–Kier alpha value is -1.99. The van der Waals surface area contributed by atoms with Crippen LogP contribution in [-0.4, -0.2) is 60.4 Å². The third kappa shape index (κ3) is 3.02. The van der Waals surface area contributed by atoms with Crippen LogP contribution in [0.25, 0.3) is 0 Å². The fourth-order valence-corrected chi connectivity index (χ4v) is 4.68. The second-order valence-corrected chi connectivity index (χ2v) is 7.89. The van der Waals surface area contributed by atoms with Crippen molar-refractivity contribution in [2.24, 2.45) is 11.8 Å². The third-order valence-electron chi connectivity index (χ3n) is 5.47. The summed E-state index contributed by atoms with van der Waals surface area (Å²) in [5, 5.41) is 1.91. The molecule has 2 saturated heterocycles. The lowest BCUT2D eigenvalue weighted by Gasteiger charge is -2.33. The molecule has 6 nitrogen and oxygen atoms in total. The summed E-state index contributed by atoms with van der Waals surface area (Å²) in [5.74, 6) is -0.246. The summed E-state index contributed by atoms with van der Waals surface area (Å²) in [5.41, 5.74) is 0. The van der Waals surface area contributed by atoms with E-state index >= 15 is 0 Å². The van der Waals surface area contributed by atoms with Crippen molar-refractivity contribution in [2.45, 2.75) is 12.8 Å². The highest BCUT2D eigenvalue weighted by atomic mass is 32.1. The van der Waals surface area contributed by atoms with Gasteiger partial charge in [-0.1, -0.05) is 18.2 Å². The zero-order valence-corrected chi connectivity index (χ0v) is 14.8. The smallest absolute Gasteiger partial charge is 0.264 e. The summed E-state index contributed by atoms with van der Waals surface area (Å²) in [6.07, 6.45) is 5.39. The van der Waals surface area contributed by atoms with Crippen LogP contribution < -0.4 is 4.90 Å².